The second kappa shape index (κ2) is 5.43. The lowest BCUT2D eigenvalue weighted by atomic mass is 10.1. The van der Waals surface area contributed by atoms with E-state index in [2.05, 4.69) is 5.32 Å². The van der Waals surface area contributed by atoms with Gasteiger partial charge in [-0.1, -0.05) is 0 Å². The Bertz CT molecular complexity index is 400. The van der Waals surface area contributed by atoms with Crippen LogP contribution in [0.1, 0.15) is 12.8 Å². The minimum atomic E-state index is -1.15. The first-order valence-corrected chi connectivity index (χ1v) is 6.22. The monoisotopic (exact) mass is 271 g/mol. The molecule has 3 amide bonds. The van der Waals surface area contributed by atoms with Crippen molar-refractivity contribution in [2.75, 3.05) is 26.2 Å². The molecule has 3 N–H and O–H groups in total. The lowest BCUT2D eigenvalue weighted by Crippen LogP contribution is -2.62. The number of amides is 3. The van der Waals surface area contributed by atoms with Crippen LogP contribution in [0.4, 0.5) is 4.79 Å². The highest BCUT2D eigenvalue weighted by atomic mass is 16.4. The first kappa shape index (κ1) is 13.6. The predicted molar refractivity (Wildman–Crippen MR) is 63.3 cm³/mol. The zero-order valence-corrected chi connectivity index (χ0v) is 10.4. The van der Waals surface area contributed by atoms with Gasteiger partial charge in [0.1, 0.15) is 12.6 Å². The number of nitrogens with one attached hydrogen (secondary N) is 1. The summed E-state index contributed by atoms with van der Waals surface area (Å²) < 4.78 is 0. The fourth-order valence-electron chi connectivity index (χ4n) is 2.37. The average molecular weight is 271 g/mol. The molecule has 2 fully saturated rings. The second-order valence-corrected chi connectivity index (χ2v) is 4.81. The standard InChI is InChI=1S/C11H17N3O5/c15-7-2-1-3-13(5-7)11(19)14-6-9(16)12-4-8(14)10(17)18/h7-8,15H,1-6H2,(H,12,16)(H,17,18). The Hall–Kier alpha value is -1.83. The SMILES string of the molecule is O=C1CN(C(=O)N2CCCC(O)C2)C(C(=O)O)CN1. The number of piperidine rings is 1. The predicted octanol–water partition coefficient (Wildman–Crippen LogP) is -1.55. The van der Waals surface area contributed by atoms with Gasteiger partial charge in [-0.15, -0.1) is 0 Å². The number of β-amino-alcohol motifs (C(OH)–C–C–N with tert-alkyl or cyclic N) is 1. The summed E-state index contributed by atoms with van der Waals surface area (Å²) in [5, 5.41) is 21.1. The largest absolute Gasteiger partial charge is 0.480 e. The molecule has 0 bridgehead atoms. The van der Waals surface area contributed by atoms with Crippen molar-refractivity contribution in [1.29, 1.82) is 0 Å². The van der Waals surface area contributed by atoms with Gasteiger partial charge in [0.2, 0.25) is 5.91 Å². The number of aliphatic hydroxyl groups is 1. The molecule has 2 aliphatic heterocycles. The molecule has 2 rings (SSSR count). The van der Waals surface area contributed by atoms with Crippen molar-refractivity contribution in [2.45, 2.75) is 25.0 Å². The van der Waals surface area contributed by atoms with E-state index in [0.29, 0.717) is 19.4 Å². The fourth-order valence-corrected chi connectivity index (χ4v) is 2.37. The van der Waals surface area contributed by atoms with Crippen LogP contribution < -0.4 is 5.32 Å². The number of aliphatic carboxylic acids is 1. The molecule has 0 aromatic rings. The maximum Gasteiger partial charge on any atom is 0.328 e. The number of piperazine rings is 1. The molecule has 8 heteroatoms. The van der Waals surface area contributed by atoms with Crippen molar-refractivity contribution in [3.8, 4) is 0 Å². The molecular weight excluding hydrogens is 254 g/mol. The van der Waals surface area contributed by atoms with E-state index in [0.717, 1.165) is 4.90 Å². The van der Waals surface area contributed by atoms with E-state index in [4.69, 9.17) is 5.11 Å². The number of hydrogen-bond donors (Lipinski definition) is 3. The van der Waals surface area contributed by atoms with Gasteiger partial charge in [0.15, 0.2) is 0 Å². The molecular formula is C11H17N3O5. The van der Waals surface area contributed by atoms with Crippen LogP contribution in [0.2, 0.25) is 0 Å². The Morgan fingerprint density at radius 3 is 2.74 bits per heavy atom. The van der Waals surface area contributed by atoms with Gasteiger partial charge in [0.05, 0.1) is 6.10 Å². The topological polar surface area (TPSA) is 110 Å². The Morgan fingerprint density at radius 1 is 1.37 bits per heavy atom. The van der Waals surface area contributed by atoms with Crippen LogP contribution >= 0.6 is 0 Å². The maximum absolute atomic E-state index is 12.3. The molecule has 0 aromatic heterocycles. The Balaban J connectivity index is 2.09. The normalized spacial score (nSPS) is 27.9. The van der Waals surface area contributed by atoms with Gasteiger partial charge < -0.3 is 20.4 Å². The number of aliphatic hydroxyl groups excluding tert-OH is 1. The third-order valence-corrected chi connectivity index (χ3v) is 3.38. The van der Waals surface area contributed by atoms with E-state index in [1.54, 1.807) is 0 Å². The minimum absolute atomic E-state index is 0.0870. The van der Waals surface area contributed by atoms with Crippen molar-refractivity contribution in [1.82, 2.24) is 15.1 Å². The Morgan fingerprint density at radius 2 is 2.11 bits per heavy atom. The molecule has 0 radical (unpaired) electrons. The average Bonchev–Trinajstić information content (AvgIpc) is 2.37. The minimum Gasteiger partial charge on any atom is -0.480 e. The fraction of sp³-hybridized carbons (Fsp3) is 0.727. The molecule has 106 valence electrons. The summed E-state index contributed by atoms with van der Waals surface area (Å²) in [6.07, 6.45) is 0.719. The molecule has 2 atom stereocenters. The van der Waals surface area contributed by atoms with E-state index in [1.807, 2.05) is 0 Å². The molecule has 0 aromatic carbocycles. The lowest BCUT2D eigenvalue weighted by molar-refractivity contribution is -0.144. The first-order valence-electron chi connectivity index (χ1n) is 6.22. The quantitative estimate of drug-likeness (QED) is 0.534. The van der Waals surface area contributed by atoms with E-state index in [-0.39, 0.29) is 25.5 Å². The van der Waals surface area contributed by atoms with Crippen molar-refractivity contribution in [3.63, 3.8) is 0 Å². The lowest BCUT2D eigenvalue weighted by Gasteiger charge is -2.38. The smallest absolute Gasteiger partial charge is 0.328 e. The van der Waals surface area contributed by atoms with Crippen molar-refractivity contribution in [3.05, 3.63) is 0 Å². The number of carbonyl (C=O) groups is 3. The summed E-state index contributed by atoms with van der Waals surface area (Å²) in [6, 6.07) is -1.55. The van der Waals surface area contributed by atoms with Crippen LogP contribution in [-0.4, -0.2) is 76.2 Å². The van der Waals surface area contributed by atoms with Gasteiger partial charge in [0, 0.05) is 19.6 Å². The van der Waals surface area contributed by atoms with Gasteiger partial charge in [0.25, 0.3) is 0 Å². The summed E-state index contributed by atoms with van der Waals surface area (Å²) in [4.78, 5) is 37.2. The van der Waals surface area contributed by atoms with E-state index in [9.17, 15) is 19.5 Å². The zero-order valence-electron chi connectivity index (χ0n) is 10.4. The highest BCUT2D eigenvalue weighted by molar-refractivity contribution is 5.90. The van der Waals surface area contributed by atoms with Crippen molar-refractivity contribution < 1.29 is 24.6 Å². The Labute approximate surface area is 110 Å². The molecule has 2 heterocycles. The van der Waals surface area contributed by atoms with Crippen molar-refractivity contribution in [2.24, 2.45) is 0 Å². The molecule has 2 saturated heterocycles. The third-order valence-electron chi connectivity index (χ3n) is 3.38. The third kappa shape index (κ3) is 2.95. The number of carbonyl (C=O) groups excluding carboxylic acids is 2. The number of nitrogens with zero attached hydrogens (tertiary/aromatic N) is 2. The van der Waals surface area contributed by atoms with Crippen LogP contribution in [0.3, 0.4) is 0 Å². The number of likely N-dealkylation sites (tertiary alicyclic amines) is 1. The van der Waals surface area contributed by atoms with Gasteiger partial charge in [-0.25, -0.2) is 9.59 Å². The molecule has 2 unspecified atom stereocenters. The maximum atomic E-state index is 12.3. The molecule has 0 spiro atoms. The summed E-state index contributed by atoms with van der Waals surface area (Å²) in [5.74, 6) is -1.52. The van der Waals surface area contributed by atoms with Crippen LogP contribution in [0.25, 0.3) is 0 Å². The summed E-state index contributed by atoms with van der Waals surface area (Å²) in [6.45, 7) is 0.308. The second-order valence-electron chi connectivity index (χ2n) is 4.81. The zero-order chi connectivity index (χ0) is 14.0. The molecule has 2 aliphatic rings. The van der Waals surface area contributed by atoms with Crippen LogP contribution in [-0.2, 0) is 9.59 Å². The van der Waals surface area contributed by atoms with Crippen LogP contribution in [0.15, 0.2) is 0 Å². The van der Waals surface area contributed by atoms with Crippen molar-refractivity contribution >= 4 is 17.9 Å². The summed E-state index contributed by atoms with van der Waals surface area (Å²) >= 11 is 0. The van der Waals surface area contributed by atoms with Gasteiger partial charge in [-0.3, -0.25) is 9.69 Å². The first-order chi connectivity index (χ1) is 8.99. The van der Waals surface area contributed by atoms with Crippen LogP contribution in [0, 0.1) is 0 Å². The van der Waals surface area contributed by atoms with E-state index in [1.165, 1.54) is 4.90 Å². The summed E-state index contributed by atoms with van der Waals surface area (Å²) in [5.41, 5.74) is 0. The summed E-state index contributed by atoms with van der Waals surface area (Å²) in [7, 11) is 0. The van der Waals surface area contributed by atoms with E-state index >= 15 is 0 Å². The number of rotatable bonds is 1. The molecule has 0 saturated carbocycles. The molecule has 8 nitrogen and oxygen atoms in total. The molecule has 0 aliphatic carbocycles. The van der Waals surface area contributed by atoms with Gasteiger partial charge in [-0.05, 0) is 12.8 Å². The molecule has 19 heavy (non-hydrogen) atoms. The van der Waals surface area contributed by atoms with Crippen LogP contribution in [0.5, 0.6) is 0 Å². The Kier molecular flexibility index (Phi) is 3.89. The number of carboxylic acids is 1. The van der Waals surface area contributed by atoms with Gasteiger partial charge in [-0.2, -0.15) is 0 Å². The van der Waals surface area contributed by atoms with Gasteiger partial charge >= 0.3 is 12.0 Å². The highest BCUT2D eigenvalue weighted by Gasteiger charge is 2.38. The number of hydrogen-bond acceptors (Lipinski definition) is 4. The number of carboxylic acid groups (broad SMARTS) is 1. The van der Waals surface area contributed by atoms with E-state index < -0.39 is 24.1 Å². The number of urea groups is 1. The highest BCUT2D eigenvalue weighted by Crippen LogP contribution is 2.15.